The van der Waals surface area contributed by atoms with Gasteiger partial charge in [0.25, 0.3) is 10.0 Å². The van der Waals surface area contributed by atoms with E-state index < -0.39 is 10.0 Å². The maximum absolute atomic E-state index is 12.2. The average Bonchev–Trinajstić information content (AvgIpc) is 2.64. The van der Waals surface area contributed by atoms with E-state index in [0.717, 1.165) is 8.04 Å². The summed E-state index contributed by atoms with van der Waals surface area (Å²) in [5.41, 5.74) is 0.449. The number of rotatable bonds is 3. The zero-order valence-corrected chi connectivity index (χ0v) is 14.9. The first-order chi connectivity index (χ1) is 8.81. The molecule has 1 heterocycles. The molecule has 2 aromatic rings. The molecule has 2 rings (SSSR count). The maximum atomic E-state index is 12.2. The van der Waals surface area contributed by atoms with Gasteiger partial charge in [-0.25, -0.2) is 0 Å². The number of aromatic nitrogens is 2. The highest BCUT2D eigenvalue weighted by atomic mass is 127. The van der Waals surface area contributed by atoms with Crippen molar-refractivity contribution in [2.45, 2.75) is 5.03 Å². The Morgan fingerprint density at radius 2 is 2.16 bits per heavy atom. The Labute approximate surface area is 137 Å². The van der Waals surface area contributed by atoms with E-state index in [1.165, 1.54) is 17.9 Å². The summed E-state index contributed by atoms with van der Waals surface area (Å²) in [5.74, 6) is 0. The van der Waals surface area contributed by atoms with Crippen molar-refractivity contribution in [3.8, 4) is 0 Å². The number of aryl methyl sites for hydroxylation is 1. The quantitative estimate of drug-likeness (QED) is 0.692. The minimum absolute atomic E-state index is 0.0659. The Hall–Kier alpha value is -0.320. The van der Waals surface area contributed by atoms with Gasteiger partial charge in [0.2, 0.25) is 0 Å². The smallest absolute Gasteiger partial charge is 0.278 e. The lowest BCUT2D eigenvalue weighted by molar-refractivity contribution is 0.582. The molecule has 0 saturated carbocycles. The van der Waals surface area contributed by atoms with Gasteiger partial charge in [-0.2, -0.15) is 13.5 Å². The second kappa shape index (κ2) is 5.58. The molecule has 9 heteroatoms. The van der Waals surface area contributed by atoms with Gasteiger partial charge in [-0.15, -0.1) is 0 Å². The van der Waals surface area contributed by atoms with E-state index >= 15 is 0 Å². The van der Waals surface area contributed by atoms with Crippen molar-refractivity contribution >= 4 is 65.8 Å². The molecule has 0 radical (unpaired) electrons. The molecule has 0 saturated heterocycles. The number of sulfonamides is 1. The molecule has 0 atom stereocenters. The second-order valence-corrected chi connectivity index (χ2v) is 7.68. The van der Waals surface area contributed by atoms with E-state index in [1.54, 1.807) is 18.2 Å². The maximum Gasteiger partial charge on any atom is 0.280 e. The van der Waals surface area contributed by atoms with Crippen LogP contribution < -0.4 is 4.72 Å². The van der Waals surface area contributed by atoms with Gasteiger partial charge >= 0.3 is 0 Å². The van der Waals surface area contributed by atoms with Crippen molar-refractivity contribution in [2.24, 2.45) is 7.05 Å². The van der Waals surface area contributed by atoms with Crippen LogP contribution in [0.4, 0.5) is 5.69 Å². The number of nitrogens with zero attached hydrogens (tertiary/aromatic N) is 2. The molecule has 19 heavy (non-hydrogen) atoms. The van der Waals surface area contributed by atoms with Crippen molar-refractivity contribution in [3.05, 3.63) is 37.5 Å². The standard InChI is InChI=1S/C10H8BrClIN3O2S/c1-16-10(8(12)5-14-16)19(17,18)15-6-2-3-9(13)7(11)4-6/h2-5,15H,1H3. The van der Waals surface area contributed by atoms with Crippen molar-refractivity contribution in [2.75, 3.05) is 4.72 Å². The van der Waals surface area contributed by atoms with Crippen LogP contribution in [0.2, 0.25) is 5.02 Å². The summed E-state index contributed by atoms with van der Waals surface area (Å²) < 4.78 is 29.9. The van der Waals surface area contributed by atoms with Crippen LogP contribution in [0.25, 0.3) is 0 Å². The fourth-order valence-electron chi connectivity index (χ4n) is 1.46. The predicted molar refractivity (Wildman–Crippen MR) is 85.9 cm³/mol. The number of halogens is 3. The number of hydrogen-bond acceptors (Lipinski definition) is 3. The van der Waals surface area contributed by atoms with Crippen LogP contribution in [0.5, 0.6) is 0 Å². The van der Waals surface area contributed by atoms with E-state index in [9.17, 15) is 8.42 Å². The fourth-order valence-corrected chi connectivity index (χ4v) is 3.89. The van der Waals surface area contributed by atoms with E-state index in [-0.39, 0.29) is 10.0 Å². The lowest BCUT2D eigenvalue weighted by Gasteiger charge is -2.09. The molecule has 0 spiro atoms. The Balaban J connectivity index is 2.39. The first kappa shape index (κ1) is 15.1. The zero-order valence-electron chi connectivity index (χ0n) is 9.56. The van der Waals surface area contributed by atoms with Crippen LogP contribution in [-0.4, -0.2) is 18.2 Å². The van der Waals surface area contributed by atoms with Gasteiger partial charge in [0, 0.05) is 15.1 Å². The van der Waals surface area contributed by atoms with Gasteiger partial charge in [-0.1, -0.05) is 11.6 Å². The third-order valence-corrected chi connectivity index (χ3v) is 6.49. The van der Waals surface area contributed by atoms with Crippen LogP contribution in [0.3, 0.4) is 0 Å². The third-order valence-electron chi connectivity index (χ3n) is 2.27. The summed E-state index contributed by atoms with van der Waals surface area (Å²) in [6.07, 6.45) is 1.29. The lowest BCUT2D eigenvalue weighted by Crippen LogP contribution is -2.17. The summed E-state index contributed by atoms with van der Waals surface area (Å²) in [6.45, 7) is 0. The number of nitrogens with one attached hydrogen (secondary N) is 1. The SMILES string of the molecule is Cn1ncc(Cl)c1S(=O)(=O)Nc1ccc(I)c(Br)c1. The van der Waals surface area contributed by atoms with Crippen LogP contribution in [0.1, 0.15) is 0 Å². The lowest BCUT2D eigenvalue weighted by atomic mass is 10.3. The molecular weight excluding hydrogens is 468 g/mol. The second-order valence-electron chi connectivity index (χ2n) is 3.66. The molecule has 102 valence electrons. The van der Waals surface area contributed by atoms with E-state index in [2.05, 4.69) is 48.3 Å². The summed E-state index contributed by atoms with van der Waals surface area (Å²) in [7, 11) is -2.25. The molecule has 0 unspecified atom stereocenters. The van der Waals surface area contributed by atoms with Crippen molar-refractivity contribution in [3.63, 3.8) is 0 Å². The number of benzene rings is 1. The fraction of sp³-hybridized carbons (Fsp3) is 0.100. The summed E-state index contributed by atoms with van der Waals surface area (Å²) in [5, 5.41) is 3.83. The van der Waals surface area contributed by atoms with Gasteiger partial charge in [0.05, 0.1) is 16.9 Å². The van der Waals surface area contributed by atoms with E-state index in [4.69, 9.17) is 11.6 Å². The Morgan fingerprint density at radius 1 is 1.47 bits per heavy atom. The minimum Gasteiger partial charge on any atom is -0.278 e. The molecule has 1 aromatic carbocycles. The third kappa shape index (κ3) is 3.23. The normalized spacial score (nSPS) is 11.6. The van der Waals surface area contributed by atoms with Crippen LogP contribution >= 0.6 is 50.1 Å². The van der Waals surface area contributed by atoms with Crippen LogP contribution in [0.15, 0.2) is 33.9 Å². The predicted octanol–water partition coefficient (Wildman–Crippen LogP) is 3.24. The molecule has 5 nitrogen and oxygen atoms in total. The van der Waals surface area contributed by atoms with Gasteiger partial charge in [0.15, 0.2) is 5.03 Å². The van der Waals surface area contributed by atoms with Crippen LogP contribution in [0, 0.1) is 3.57 Å². The van der Waals surface area contributed by atoms with Crippen molar-refractivity contribution < 1.29 is 8.42 Å². The van der Waals surface area contributed by atoms with Gasteiger partial charge in [-0.05, 0) is 56.7 Å². The van der Waals surface area contributed by atoms with E-state index in [1.807, 2.05) is 0 Å². The molecule has 0 bridgehead atoms. The average molecular weight is 477 g/mol. The topological polar surface area (TPSA) is 64.0 Å². The molecule has 0 amide bonds. The minimum atomic E-state index is -3.77. The van der Waals surface area contributed by atoms with Crippen molar-refractivity contribution in [1.29, 1.82) is 0 Å². The first-order valence-electron chi connectivity index (χ1n) is 4.96. The number of anilines is 1. The van der Waals surface area contributed by atoms with Gasteiger partial charge in [-0.3, -0.25) is 9.40 Å². The van der Waals surface area contributed by atoms with Gasteiger partial charge in [0.1, 0.15) is 0 Å². The first-order valence-corrected chi connectivity index (χ1v) is 8.70. The highest BCUT2D eigenvalue weighted by Crippen LogP contribution is 2.26. The Morgan fingerprint density at radius 3 is 2.68 bits per heavy atom. The summed E-state index contributed by atoms with van der Waals surface area (Å²) in [4.78, 5) is 0. The molecule has 0 aliphatic carbocycles. The molecule has 0 aliphatic rings. The highest BCUT2D eigenvalue weighted by molar-refractivity contribution is 14.1. The Kier molecular flexibility index (Phi) is 4.43. The molecule has 0 aliphatic heterocycles. The monoisotopic (exact) mass is 475 g/mol. The summed E-state index contributed by atoms with van der Waals surface area (Å²) >= 11 is 11.3. The number of hydrogen-bond donors (Lipinski definition) is 1. The molecule has 1 aromatic heterocycles. The molecule has 0 fully saturated rings. The highest BCUT2D eigenvalue weighted by Gasteiger charge is 2.22. The Bertz CT molecular complexity index is 713. The van der Waals surface area contributed by atoms with Crippen LogP contribution in [-0.2, 0) is 17.1 Å². The van der Waals surface area contributed by atoms with E-state index in [0.29, 0.717) is 5.69 Å². The largest absolute Gasteiger partial charge is 0.280 e. The summed E-state index contributed by atoms with van der Waals surface area (Å²) in [6, 6.07) is 5.16. The van der Waals surface area contributed by atoms with Gasteiger partial charge < -0.3 is 0 Å². The van der Waals surface area contributed by atoms with Crippen molar-refractivity contribution in [1.82, 2.24) is 9.78 Å². The molecule has 1 N–H and O–H groups in total. The zero-order chi connectivity index (χ0) is 14.2. The molecular formula is C10H8BrClIN3O2S.